The van der Waals surface area contributed by atoms with E-state index in [4.69, 9.17) is 20.8 Å². The highest BCUT2D eigenvalue weighted by Crippen LogP contribution is 2.22. The molecule has 0 unspecified atom stereocenters. The van der Waals surface area contributed by atoms with Crippen LogP contribution in [0.25, 0.3) is 0 Å². The van der Waals surface area contributed by atoms with Crippen molar-refractivity contribution in [3.8, 4) is 0 Å². The number of hydrogen-bond donors (Lipinski definition) is 0. The summed E-state index contributed by atoms with van der Waals surface area (Å²) in [5.41, 5.74) is 2.96. The molecule has 0 aliphatic rings. The molecule has 0 saturated heterocycles. The summed E-state index contributed by atoms with van der Waals surface area (Å²) in [5, 5.41) is 12.0. The fourth-order valence-corrected chi connectivity index (χ4v) is 2.66. The van der Waals surface area contributed by atoms with Crippen molar-refractivity contribution < 1.29 is 13.9 Å². The largest absolute Gasteiger partial charge is 0.452 e. The lowest BCUT2D eigenvalue weighted by molar-refractivity contribution is 0.0436. The van der Waals surface area contributed by atoms with Crippen LogP contribution >= 0.6 is 11.6 Å². The lowest BCUT2D eigenvalue weighted by Crippen LogP contribution is -2.07. The van der Waals surface area contributed by atoms with Gasteiger partial charge in [-0.25, -0.2) is 9.48 Å². The molecule has 0 atom stereocenters. The number of hydrogen-bond acceptors (Lipinski definition) is 6. The number of esters is 1. The van der Waals surface area contributed by atoms with Crippen LogP contribution in [0.2, 0.25) is 5.15 Å². The smallest absolute Gasteiger partial charge is 0.343 e. The van der Waals surface area contributed by atoms with Crippen molar-refractivity contribution >= 4 is 17.6 Å². The van der Waals surface area contributed by atoms with Gasteiger partial charge in [-0.15, -0.1) is 10.2 Å². The zero-order valence-electron chi connectivity index (χ0n) is 14.1. The van der Waals surface area contributed by atoms with Crippen molar-refractivity contribution in [1.82, 2.24) is 20.0 Å². The van der Waals surface area contributed by atoms with E-state index in [1.165, 1.54) is 5.56 Å². The number of benzene rings is 1. The molecule has 0 aliphatic carbocycles. The first-order valence-corrected chi connectivity index (χ1v) is 8.06. The molecule has 0 N–H and O–H groups in total. The Morgan fingerprint density at radius 3 is 2.56 bits per heavy atom. The lowest BCUT2D eigenvalue weighted by atomic mass is 10.1. The van der Waals surface area contributed by atoms with E-state index in [0.29, 0.717) is 18.1 Å². The van der Waals surface area contributed by atoms with E-state index in [0.717, 1.165) is 5.56 Å². The Hall–Kier alpha value is -2.67. The molecule has 2 heterocycles. The number of nitrogens with zero attached hydrogens (tertiary/aromatic N) is 4. The fourth-order valence-electron chi connectivity index (χ4n) is 2.35. The molecule has 25 heavy (non-hydrogen) atoms. The van der Waals surface area contributed by atoms with Gasteiger partial charge in [-0.1, -0.05) is 41.4 Å². The maximum absolute atomic E-state index is 12.3. The Morgan fingerprint density at radius 2 is 1.92 bits per heavy atom. The average molecular weight is 361 g/mol. The first kappa shape index (κ1) is 17.2. The highest BCUT2D eigenvalue weighted by atomic mass is 35.5. The molecule has 0 fully saturated rings. The van der Waals surface area contributed by atoms with Crippen LogP contribution < -0.4 is 0 Å². The number of carbonyl (C=O) groups is 1. The monoisotopic (exact) mass is 360 g/mol. The summed E-state index contributed by atoms with van der Waals surface area (Å²) in [4.78, 5) is 12.3. The van der Waals surface area contributed by atoms with Gasteiger partial charge in [-0.05, 0) is 19.4 Å². The van der Waals surface area contributed by atoms with Gasteiger partial charge in [-0.2, -0.15) is 5.10 Å². The molecule has 0 aliphatic heterocycles. The summed E-state index contributed by atoms with van der Waals surface area (Å²) < 4.78 is 11.9. The molecular weight excluding hydrogens is 344 g/mol. The minimum Gasteiger partial charge on any atom is -0.452 e. The molecule has 0 radical (unpaired) electrons. The van der Waals surface area contributed by atoms with Gasteiger partial charge in [0.15, 0.2) is 6.61 Å². The quantitative estimate of drug-likeness (QED) is 0.649. The van der Waals surface area contributed by atoms with E-state index in [9.17, 15) is 4.79 Å². The summed E-state index contributed by atoms with van der Waals surface area (Å²) in [5.74, 6) is 0.0614. The Bertz CT molecular complexity index is 899. The average Bonchev–Trinajstić information content (AvgIpc) is 3.11. The number of rotatable bonds is 5. The topological polar surface area (TPSA) is 83.0 Å². The van der Waals surface area contributed by atoms with Crippen LogP contribution in [0.15, 0.2) is 28.7 Å². The first-order valence-electron chi connectivity index (χ1n) is 7.68. The van der Waals surface area contributed by atoms with E-state index < -0.39 is 5.97 Å². The van der Waals surface area contributed by atoms with Crippen molar-refractivity contribution in [1.29, 1.82) is 0 Å². The van der Waals surface area contributed by atoms with Crippen molar-refractivity contribution in [2.75, 3.05) is 0 Å². The summed E-state index contributed by atoms with van der Waals surface area (Å²) in [6, 6.07) is 8.03. The van der Waals surface area contributed by atoms with Gasteiger partial charge in [0.05, 0.1) is 12.2 Å². The van der Waals surface area contributed by atoms with Gasteiger partial charge in [0.2, 0.25) is 5.89 Å². The Kier molecular flexibility index (Phi) is 4.85. The molecule has 130 valence electrons. The Morgan fingerprint density at radius 1 is 1.20 bits per heavy atom. The predicted octanol–water partition coefficient (Wildman–Crippen LogP) is 3.25. The molecule has 7 nitrogen and oxygen atoms in total. The minimum atomic E-state index is -0.575. The molecule has 1 aromatic carbocycles. The molecule has 2 aromatic heterocycles. The summed E-state index contributed by atoms with van der Waals surface area (Å²) in [6.07, 6.45) is 0. The third-order valence-corrected chi connectivity index (χ3v) is 4.00. The maximum Gasteiger partial charge on any atom is 0.343 e. The van der Waals surface area contributed by atoms with Crippen LogP contribution in [-0.2, 0) is 17.9 Å². The van der Waals surface area contributed by atoms with Crippen molar-refractivity contribution in [2.45, 2.75) is 33.9 Å². The summed E-state index contributed by atoms with van der Waals surface area (Å²) >= 11 is 6.34. The molecule has 0 spiro atoms. The zero-order valence-corrected chi connectivity index (χ0v) is 14.9. The van der Waals surface area contributed by atoms with Crippen LogP contribution in [0.5, 0.6) is 0 Å². The van der Waals surface area contributed by atoms with Gasteiger partial charge in [0.1, 0.15) is 10.7 Å². The second-order valence-electron chi connectivity index (χ2n) is 5.69. The van der Waals surface area contributed by atoms with E-state index in [2.05, 4.69) is 15.3 Å². The third-order valence-electron chi connectivity index (χ3n) is 3.62. The van der Waals surface area contributed by atoms with Crippen LogP contribution in [0.4, 0.5) is 0 Å². The van der Waals surface area contributed by atoms with Gasteiger partial charge in [0.25, 0.3) is 5.89 Å². The molecular formula is C17H17ClN4O3. The normalized spacial score (nSPS) is 10.9. The molecule has 0 amide bonds. The third kappa shape index (κ3) is 3.88. The van der Waals surface area contributed by atoms with Crippen LogP contribution in [0.1, 0.15) is 39.0 Å². The van der Waals surface area contributed by atoms with E-state index in [1.54, 1.807) is 18.5 Å². The van der Waals surface area contributed by atoms with Gasteiger partial charge < -0.3 is 9.15 Å². The van der Waals surface area contributed by atoms with Crippen molar-refractivity contribution in [3.05, 3.63) is 63.6 Å². The number of halogens is 1. The minimum absolute atomic E-state index is 0.113. The zero-order chi connectivity index (χ0) is 18.0. The maximum atomic E-state index is 12.3. The van der Waals surface area contributed by atoms with Gasteiger partial charge >= 0.3 is 5.97 Å². The van der Waals surface area contributed by atoms with Crippen molar-refractivity contribution in [2.24, 2.45) is 0 Å². The lowest BCUT2D eigenvalue weighted by Gasteiger charge is -2.05. The molecule has 3 rings (SSSR count). The molecule has 0 bridgehead atoms. The van der Waals surface area contributed by atoms with E-state index >= 15 is 0 Å². The predicted molar refractivity (Wildman–Crippen MR) is 90.4 cm³/mol. The highest BCUT2D eigenvalue weighted by molar-refractivity contribution is 6.32. The molecule has 0 saturated carbocycles. The summed E-state index contributed by atoms with van der Waals surface area (Å²) in [7, 11) is 0. The molecule has 3 aromatic rings. The van der Waals surface area contributed by atoms with Crippen molar-refractivity contribution in [3.63, 3.8) is 0 Å². The second-order valence-corrected chi connectivity index (χ2v) is 6.04. The number of carbonyl (C=O) groups excluding carboxylic acids is 1. The highest BCUT2D eigenvalue weighted by Gasteiger charge is 2.22. The summed E-state index contributed by atoms with van der Waals surface area (Å²) in [6.45, 7) is 5.75. The first-order chi connectivity index (χ1) is 11.9. The Balaban J connectivity index is 1.74. The fraction of sp³-hybridized carbons (Fsp3) is 0.294. The molecule has 8 heteroatoms. The second kappa shape index (κ2) is 7.06. The number of aryl methyl sites for hydroxylation is 3. The number of ether oxygens (including phenoxy) is 1. The van der Waals surface area contributed by atoms with E-state index in [1.807, 2.05) is 31.2 Å². The van der Waals surface area contributed by atoms with Crippen LogP contribution in [0.3, 0.4) is 0 Å². The Labute approximate surface area is 149 Å². The van der Waals surface area contributed by atoms with Gasteiger partial charge in [-0.3, -0.25) is 0 Å². The van der Waals surface area contributed by atoms with Crippen LogP contribution in [0, 0.1) is 20.8 Å². The number of aromatic nitrogens is 4. The van der Waals surface area contributed by atoms with E-state index in [-0.39, 0.29) is 23.2 Å². The van der Waals surface area contributed by atoms with Crippen LogP contribution in [-0.4, -0.2) is 25.9 Å². The standard InChI is InChI=1S/C17H17ClN4O3/c1-10-4-6-13(7-5-10)8-22-16(18)15(11(2)21-22)17(23)24-9-14-20-19-12(3)25-14/h4-7H,8-9H2,1-3H3. The SMILES string of the molecule is Cc1ccc(Cn2nc(C)c(C(=O)OCc3nnc(C)o3)c2Cl)cc1. The van der Waals surface area contributed by atoms with Gasteiger partial charge in [0, 0.05) is 6.92 Å².